The van der Waals surface area contributed by atoms with Gasteiger partial charge in [-0.2, -0.15) is 9.40 Å². The van der Waals surface area contributed by atoms with Gasteiger partial charge in [0.1, 0.15) is 4.90 Å². The molecule has 140 valence electrons. The second-order valence-corrected chi connectivity index (χ2v) is 8.13. The van der Waals surface area contributed by atoms with Crippen LogP contribution in [0, 0.1) is 19.8 Å². The van der Waals surface area contributed by atoms with E-state index < -0.39 is 21.9 Å². The number of nitrogens with one attached hydrogen (secondary N) is 2. The number of aromatic amines is 1. The number of H-pyrrole nitrogens is 1. The Morgan fingerprint density at radius 1 is 1.40 bits per heavy atom. The van der Waals surface area contributed by atoms with Crippen LogP contribution in [0.1, 0.15) is 37.1 Å². The first-order valence-electron chi connectivity index (χ1n) is 8.24. The second kappa shape index (κ2) is 7.96. The minimum Gasteiger partial charge on any atom is -0.481 e. The van der Waals surface area contributed by atoms with Crippen molar-refractivity contribution in [2.45, 2.75) is 44.4 Å². The highest BCUT2D eigenvalue weighted by Crippen LogP contribution is 2.26. The first-order chi connectivity index (χ1) is 11.7. The zero-order chi connectivity index (χ0) is 18.6. The molecule has 1 fully saturated rings. The highest BCUT2D eigenvalue weighted by atomic mass is 32.2. The number of carboxylic acids is 1. The second-order valence-electron chi connectivity index (χ2n) is 6.25. The number of piperidine rings is 1. The van der Waals surface area contributed by atoms with Gasteiger partial charge < -0.3 is 10.4 Å². The van der Waals surface area contributed by atoms with Crippen LogP contribution in [0.15, 0.2) is 4.90 Å². The molecular weight excluding hydrogens is 348 g/mol. The molecule has 1 saturated heterocycles. The number of carboxylic acid groups (broad SMARTS) is 1. The van der Waals surface area contributed by atoms with Crippen LogP contribution in [0.3, 0.4) is 0 Å². The third-order valence-corrected chi connectivity index (χ3v) is 6.41. The van der Waals surface area contributed by atoms with Crippen molar-refractivity contribution in [3.8, 4) is 0 Å². The topological polar surface area (TPSA) is 132 Å². The molecule has 1 aliphatic heterocycles. The van der Waals surface area contributed by atoms with Crippen LogP contribution in [0.2, 0.25) is 0 Å². The number of aryl methyl sites for hydroxylation is 2. The normalized spacial score (nSPS) is 18.9. The lowest BCUT2D eigenvalue weighted by Gasteiger charge is -2.31. The Kier molecular flexibility index (Phi) is 6.17. The first-order valence-corrected chi connectivity index (χ1v) is 9.68. The molecule has 3 N–H and O–H groups in total. The predicted octanol–water partition coefficient (Wildman–Crippen LogP) is 0.408. The van der Waals surface area contributed by atoms with E-state index in [4.69, 9.17) is 5.11 Å². The molecule has 1 aromatic rings. The molecule has 0 bridgehead atoms. The summed E-state index contributed by atoms with van der Waals surface area (Å²) in [6.07, 6.45) is 1.55. The van der Waals surface area contributed by atoms with Crippen molar-refractivity contribution in [3.05, 3.63) is 11.4 Å². The van der Waals surface area contributed by atoms with Crippen molar-refractivity contribution < 1.29 is 23.1 Å². The van der Waals surface area contributed by atoms with Crippen LogP contribution < -0.4 is 5.32 Å². The van der Waals surface area contributed by atoms with E-state index in [-0.39, 0.29) is 30.3 Å². The maximum absolute atomic E-state index is 12.9. The van der Waals surface area contributed by atoms with Gasteiger partial charge in [0.25, 0.3) is 0 Å². The number of nitrogens with zero attached hydrogens (tertiary/aromatic N) is 2. The summed E-state index contributed by atoms with van der Waals surface area (Å²) in [4.78, 5) is 22.9. The number of rotatable bonds is 7. The van der Waals surface area contributed by atoms with Crippen molar-refractivity contribution in [1.82, 2.24) is 19.8 Å². The van der Waals surface area contributed by atoms with E-state index in [0.29, 0.717) is 37.2 Å². The Labute approximate surface area is 146 Å². The third-order valence-electron chi connectivity index (χ3n) is 4.28. The standard InChI is InChI=1S/C15H24N4O5S/c1-10-14(11(2)18-17-10)25(23,24)19-8-4-5-12(9-19)15(22)16-7-3-6-13(20)21/h12H,3-9H2,1-2H3,(H,16,22)(H,17,18)(H,20,21). The van der Waals surface area contributed by atoms with Crippen LogP contribution in [0.5, 0.6) is 0 Å². The van der Waals surface area contributed by atoms with Crippen LogP contribution >= 0.6 is 0 Å². The number of sulfonamides is 1. The van der Waals surface area contributed by atoms with Crippen molar-refractivity contribution >= 4 is 21.9 Å². The van der Waals surface area contributed by atoms with Gasteiger partial charge in [-0.15, -0.1) is 0 Å². The van der Waals surface area contributed by atoms with Gasteiger partial charge in [-0.25, -0.2) is 8.42 Å². The van der Waals surface area contributed by atoms with E-state index >= 15 is 0 Å². The highest BCUT2D eigenvalue weighted by molar-refractivity contribution is 7.89. The SMILES string of the molecule is Cc1n[nH]c(C)c1S(=O)(=O)N1CCCC(C(=O)NCCCC(=O)O)C1. The smallest absolute Gasteiger partial charge is 0.303 e. The molecule has 0 radical (unpaired) electrons. The van der Waals surface area contributed by atoms with Gasteiger partial charge in [0.05, 0.1) is 17.3 Å². The van der Waals surface area contributed by atoms with Crippen molar-refractivity contribution in [3.63, 3.8) is 0 Å². The van der Waals surface area contributed by atoms with Gasteiger partial charge in [-0.1, -0.05) is 0 Å². The molecule has 25 heavy (non-hydrogen) atoms. The minimum absolute atomic E-state index is 0.00943. The van der Waals surface area contributed by atoms with Crippen molar-refractivity contribution in [2.24, 2.45) is 5.92 Å². The minimum atomic E-state index is -3.70. The van der Waals surface area contributed by atoms with E-state index in [9.17, 15) is 18.0 Å². The van der Waals surface area contributed by atoms with E-state index in [1.54, 1.807) is 13.8 Å². The molecule has 0 saturated carbocycles. The summed E-state index contributed by atoms with van der Waals surface area (Å²) in [5.74, 6) is -1.57. The summed E-state index contributed by atoms with van der Waals surface area (Å²) in [6.45, 7) is 4.05. The molecule has 1 atom stereocenters. The number of carbonyl (C=O) groups excluding carboxylic acids is 1. The van der Waals surface area contributed by atoms with E-state index in [2.05, 4.69) is 15.5 Å². The molecule has 0 spiro atoms. The lowest BCUT2D eigenvalue weighted by atomic mass is 9.99. The number of aromatic nitrogens is 2. The molecule has 0 aromatic carbocycles. The maximum atomic E-state index is 12.9. The Bertz CT molecular complexity index is 724. The summed E-state index contributed by atoms with van der Waals surface area (Å²) in [5, 5.41) is 17.9. The molecular formula is C15H24N4O5S. The van der Waals surface area contributed by atoms with E-state index in [1.807, 2.05) is 0 Å². The Balaban J connectivity index is 2.00. The Morgan fingerprint density at radius 3 is 2.72 bits per heavy atom. The van der Waals surface area contributed by atoms with Gasteiger partial charge in [0.2, 0.25) is 15.9 Å². The van der Waals surface area contributed by atoms with Crippen molar-refractivity contribution in [2.75, 3.05) is 19.6 Å². The lowest BCUT2D eigenvalue weighted by molar-refractivity contribution is -0.137. The fourth-order valence-electron chi connectivity index (χ4n) is 3.02. The zero-order valence-electron chi connectivity index (χ0n) is 14.4. The van der Waals surface area contributed by atoms with Crippen LogP contribution in [-0.2, 0) is 19.6 Å². The van der Waals surface area contributed by atoms with Gasteiger partial charge >= 0.3 is 5.97 Å². The van der Waals surface area contributed by atoms with Crippen LogP contribution in [0.25, 0.3) is 0 Å². The number of carbonyl (C=O) groups is 2. The number of hydrogen-bond donors (Lipinski definition) is 3. The zero-order valence-corrected chi connectivity index (χ0v) is 15.2. The summed E-state index contributed by atoms with van der Waals surface area (Å²) in [6, 6.07) is 0. The average Bonchev–Trinajstić information content (AvgIpc) is 2.90. The summed E-state index contributed by atoms with van der Waals surface area (Å²) < 4.78 is 27.1. The van der Waals surface area contributed by atoms with Gasteiger partial charge in [0.15, 0.2) is 0 Å². The quantitative estimate of drug-likeness (QED) is 0.594. The molecule has 2 heterocycles. The van der Waals surface area contributed by atoms with Gasteiger partial charge in [-0.3, -0.25) is 14.7 Å². The summed E-state index contributed by atoms with van der Waals surface area (Å²) in [5.41, 5.74) is 0.899. The number of aliphatic carboxylic acids is 1. The average molecular weight is 372 g/mol. The van der Waals surface area contributed by atoms with Crippen LogP contribution in [0.4, 0.5) is 0 Å². The van der Waals surface area contributed by atoms with E-state index in [0.717, 1.165) is 0 Å². The Hall–Kier alpha value is -1.94. The number of amides is 1. The molecule has 1 aromatic heterocycles. The fourth-order valence-corrected chi connectivity index (χ4v) is 4.88. The Morgan fingerprint density at radius 2 is 2.12 bits per heavy atom. The summed E-state index contributed by atoms with van der Waals surface area (Å²) >= 11 is 0. The monoisotopic (exact) mass is 372 g/mol. The lowest BCUT2D eigenvalue weighted by Crippen LogP contribution is -2.45. The molecule has 0 aliphatic carbocycles. The van der Waals surface area contributed by atoms with E-state index in [1.165, 1.54) is 4.31 Å². The number of hydrogen-bond acceptors (Lipinski definition) is 5. The molecule has 9 nitrogen and oxygen atoms in total. The van der Waals surface area contributed by atoms with Gasteiger partial charge in [0, 0.05) is 26.1 Å². The first kappa shape index (κ1) is 19.4. The van der Waals surface area contributed by atoms with Crippen LogP contribution in [-0.4, -0.2) is 59.5 Å². The maximum Gasteiger partial charge on any atom is 0.303 e. The molecule has 1 unspecified atom stereocenters. The van der Waals surface area contributed by atoms with Gasteiger partial charge in [-0.05, 0) is 33.1 Å². The highest BCUT2D eigenvalue weighted by Gasteiger charge is 2.35. The third kappa shape index (κ3) is 4.57. The van der Waals surface area contributed by atoms with Crippen molar-refractivity contribution in [1.29, 1.82) is 0 Å². The largest absolute Gasteiger partial charge is 0.481 e. The molecule has 2 rings (SSSR count). The molecule has 10 heteroatoms. The summed E-state index contributed by atoms with van der Waals surface area (Å²) in [7, 11) is -3.70. The fraction of sp³-hybridized carbons (Fsp3) is 0.667. The molecule has 1 aliphatic rings. The predicted molar refractivity (Wildman–Crippen MR) is 89.4 cm³/mol. The molecule has 1 amide bonds.